The van der Waals surface area contributed by atoms with Gasteiger partial charge >= 0.3 is 5.97 Å². The molecular formula is C14H18ClNO4. The van der Waals surface area contributed by atoms with Gasteiger partial charge in [-0.05, 0) is 19.1 Å². The topological polar surface area (TPSA) is 66.8 Å². The number of rotatable bonds is 7. The minimum absolute atomic E-state index is 0.0702. The molecule has 0 spiro atoms. The lowest BCUT2D eigenvalue weighted by Crippen LogP contribution is -2.34. The number of hydrogen-bond donors (Lipinski definition) is 1. The van der Waals surface area contributed by atoms with E-state index in [-0.39, 0.29) is 25.3 Å². The van der Waals surface area contributed by atoms with Gasteiger partial charge in [-0.25, -0.2) is 0 Å². The standard InChI is InChI=1S/C14H18ClNO4/c1-3-16(8-7-14(18)19)13(17)9-10-11(15)5-4-6-12(10)20-2/h4-6H,3,7-9H2,1-2H3,(H,18,19). The van der Waals surface area contributed by atoms with E-state index >= 15 is 0 Å². The minimum atomic E-state index is -0.924. The van der Waals surface area contributed by atoms with Gasteiger partial charge in [0.25, 0.3) is 0 Å². The molecule has 20 heavy (non-hydrogen) atoms. The molecule has 0 aliphatic carbocycles. The molecule has 0 aliphatic heterocycles. The highest BCUT2D eigenvalue weighted by molar-refractivity contribution is 6.31. The minimum Gasteiger partial charge on any atom is -0.496 e. The lowest BCUT2D eigenvalue weighted by molar-refractivity contribution is -0.138. The van der Waals surface area contributed by atoms with Crippen LogP contribution in [-0.2, 0) is 16.0 Å². The summed E-state index contributed by atoms with van der Waals surface area (Å²) in [5.74, 6) is -0.535. The first-order chi connectivity index (χ1) is 9.49. The molecule has 0 aliphatic rings. The van der Waals surface area contributed by atoms with Crippen molar-refractivity contribution in [1.29, 1.82) is 0 Å². The number of benzene rings is 1. The summed E-state index contributed by atoms with van der Waals surface area (Å²) >= 11 is 6.08. The van der Waals surface area contributed by atoms with Gasteiger partial charge in [-0.2, -0.15) is 0 Å². The van der Waals surface area contributed by atoms with Gasteiger partial charge in [-0.15, -0.1) is 0 Å². The average Bonchev–Trinajstić information content (AvgIpc) is 2.41. The highest BCUT2D eigenvalue weighted by Gasteiger charge is 2.17. The summed E-state index contributed by atoms with van der Waals surface area (Å²) in [6.07, 6.45) is 0.0234. The predicted molar refractivity (Wildman–Crippen MR) is 76.2 cm³/mol. The maximum atomic E-state index is 12.2. The molecule has 6 heteroatoms. The molecule has 1 N–H and O–H groups in total. The summed E-state index contributed by atoms with van der Waals surface area (Å²) in [5, 5.41) is 9.14. The Morgan fingerprint density at radius 2 is 2.10 bits per heavy atom. The average molecular weight is 300 g/mol. The van der Waals surface area contributed by atoms with E-state index in [2.05, 4.69) is 0 Å². The van der Waals surface area contributed by atoms with E-state index in [9.17, 15) is 9.59 Å². The molecule has 0 fully saturated rings. The number of methoxy groups -OCH3 is 1. The van der Waals surface area contributed by atoms with E-state index < -0.39 is 5.97 Å². The number of nitrogens with zero attached hydrogens (tertiary/aromatic N) is 1. The second-order valence-corrected chi connectivity index (χ2v) is 4.62. The highest BCUT2D eigenvalue weighted by atomic mass is 35.5. The van der Waals surface area contributed by atoms with Gasteiger partial charge < -0.3 is 14.7 Å². The van der Waals surface area contributed by atoms with Crippen molar-refractivity contribution in [2.45, 2.75) is 19.8 Å². The van der Waals surface area contributed by atoms with Gasteiger partial charge in [-0.3, -0.25) is 9.59 Å². The number of amides is 1. The molecule has 1 aromatic rings. The quantitative estimate of drug-likeness (QED) is 0.838. The molecule has 110 valence electrons. The van der Waals surface area contributed by atoms with Crippen molar-refractivity contribution in [3.05, 3.63) is 28.8 Å². The summed E-state index contributed by atoms with van der Waals surface area (Å²) in [6, 6.07) is 5.18. The Bertz CT molecular complexity index is 490. The van der Waals surface area contributed by atoms with Crippen molar-refractivity contribution in [1.82, 2.24) is 4.90 Å². The van der Waals surface area contributed by atoms with Crippen LogP contribution >= 0.6 is 11.6 Å². The number of aliphatic carboxylic acids is 1. The second kappa shape index (κ2) is 7.75. The Morgan fingerprint density at radius 3 is 2.65 bits per heavy atom. The molecule has 0 bridgehead atoms. The number of hydrogen-bond acceptors (Lipinski definition) is 3. The fourth-order valence-corrected chi connectivity index (χ4v) is 2.09. The SMILES string of the molecule is CCN(CCC(=O)O)C(=O)Cc1c(Cl)cccc1OC. The van der Waals surface area contributed by atoms with Gasteiger partial charge in [0.05, 0.1) is 20.0 Å². The van der Waals surface area contributed by atoms with Crippen LogP contribution < -0.4 is 4.74 Å². The largest absolute Gasteiger partial charge is 0.496 e. The number of carbonyl (C=O) groups excluding carboxylic acids is 1. The van der Waals surface area contributed by atoms with Crippen molar-refractivity contribution in [2.24, 2.45) is 0 Å². The zero-order valence-corrected chi connectivity index (χ0v) is 12.3. The van der Waals surface area contributed by atoms with Crippen LogP contribution in [0.5, 0.6) is 5.75 Å². The molecule has 5 nitrogen and oxygen atoms in total. The molecule has 0 saturated carbocycles. The van der Waals surface area contributed by atoms with Gasteiger partial charge in [0.1, 0.15) is 5.75 Å². The third-order valence-corrected chi connectivity index (χ3v) is 3.31. The van der Waals surface area contributed by atoms with Crippen LogP contribution in [-0.4, -0.2) is 42.1 Å². The van der Waals surface area contributed by atoms with E-state index in [0.29, 0.717) is 22.9 Å². The second-order valence-electron chi connectivity index (χ2n) is 4.21. The summed E-state index contributed by atoms with van der Waals surface area (Å²) in [5.41, 5.74) is 0.621. The van der Waals surface area contributed by atoms with E-state index in [1.807, 2.05) is 6.92 Å². The Hall–Kier alpha value is -1.75. The Kier molecular flexibility index (Phi) is 6.31. The van der Waals surface area contributed by atoms with Gasteiger partial charge in [0.15, 0.2) is 0 Å². The van der Waals surface area contributed by atoms with E-state index in [0.717, 1.165) is 0 Å². The van der Waals surface area contributed by atoms with Crippen LogP contribution in [0.1, 0.15) is 18.9 Å². The Morgan fingerprint density at radius 1 is 1.40 bits per heavy atom. The zero-order valence-electron chi connectivity index (χ0n) is 11.6. The van der Waals surface area contributed by atoms with Crippen molar-refractivity contribution in [2.75, 3.05) is 20.2 Å². The Labute approximate surface area is 123 Å². The molecule has 0 atom stereocenters. The summed E-state index contributed by atoms with van der Waals surface area (Å²) in [4.78, 5) is 24.3. The summed E-state index contributed by atoms with van der Waals surface area (Å²) in [6.45, 7) is 2.46. The van der Waals surface area contributed by atoms with Crippen molar-refractivity contribution < 1.29 is 19.4 Å². The fraction of sp³-hybridized carbons (Fsp3) is 0.429. The molecule has 0 radical (unpaired) electrons. The van der Waals surface area contributed by atoms with Gasteiger partial charge in [0, 0.05) is 23.7 Å². The number of ether oxygens (including phenoxy) is 1. The van der Waals surface area contributed by atoms with Crippen molar-refractivity contribution in [3.8, 4) is 5.75 Å². The third kappa shape index (κ3) is 4.42. The molecule has 1 amide bonds. The zero-order chi connectivity index (χ0) is 15.1. The smallest absolute Gasteiger partial charge is 0.305 e. The first kappa shape index (κ1) is 16.3. The van der Waals surface area contributed by atoms with Crippen LogP contribution in [0.4, 0.5) is 0 Å². The van der Waals surface area contributed by atoms with Crippen molar-refractivity contribution in [3.63, 3.8) is 0 Å². The molecule has 1 rings (SSSR count). The molecule has 0 saturated heterocycles. The number of carbonyl (C=O) groups is 2. The van der Waals surface area contributed by atoms with E-state index in [4.69, 9.17) is 21.4 Å². The fourth-order valence-electron chi connectivity index (χ4n) is 1.85. The summed E-state index contributed by atoms with van der Waals surface area (Å²) < 4.78 is 5.19. The molecule has 0 heterocycles. The normalized spacial score (nSPS) is 10.2. The predicted octanol–water partition coefficient (Wildman–Crippen LogP) is 2.21. The highest BCUT2D eigenvalue weighted by Crippen LogP contribution is 2.27. The molecule has 1 aromatic carbocycles. The first-order valence-electron chi connectivity index (χ1n) is 6.30. The lowest BCUT2D eigenvalue weighted by atomic mass is 10.1. The number of likely N-dealkylation sites (N-methyl/N-ethyl adjacent to an activating group) is 1. The Balaban J connectivity index is 2.80. The molecule has 0 unspecified atom stereocenters. The number of halogens is 1. The molecule has 0 aromatic heterocycles. The summed E-state index contributed by atoms with van der Waals surface area (Å²) in [7, 11) is 1.52. The van der Waals surface area contributed by atoms with E-state index in [1.165, 1.54) is 12.0 Å². The third-order valence-electron chi connectivity index (χ3n) is 2.95. The van der Waals surface area contributed by atoms with Crippen molar-refractivity contribution >= 4 is 23.5 Å². The van der Waals surface area contributed by atoms with Crippen LogP contribution in [0.15, 0.2) is 18.2 Å². The number of carboxylic acids is 1. The van der Waals surface area contributed by atoms with Crippen LogP contribution in [0, 0.1) is 0 Å². The van der Waals surface area contributed by atoms with Crippen LogP contribution in [0.3, 0.4) is 0 Å². The molecular weight excluding hydrogens is 282 g/mol. The van der Waals surface area contributed by atoms with E-state index in [1.54, 1.807) is 18.2 Å². The first-order valence-corrected chi connectivity index (χ1v) is 6.68. The lowest BCUT2D eigenvalue weighted by Gasteiger charge is -2.21. The van der Waals surface area contributed by atoms with Crippen LogP contribution in [0.2, 0.25) is 5.02 Å². The maximum Gasteiger partial charge on any atom is 0.305 e. The maximum absolute atomic E-state index is 12.2. The van der Waals surface area contributed by atoms with Gasteiger partial charge in [-0.1, -0.05) is 17.7 Å². The monoisotopic (exact) mass is 299 g/mol. The van der Waals surface area contributed by atoms with Crippen LogP contribution in [0.25, 0.3) is 0 Å². The van der Waals surface area contributed by atoms with Gasteiger partial charge in [0.2, 0.25) is 5.91 Å². The number of carboxylic acid groups (broad SMARTS) is 1.